The number of hydrogen-bond donors (Lipinski definition) is 1. The third kappa shape index (κ3) is 5.95. The van der Waals surface area contributed by atoms with E-state index < -0.39 is 0 Å². The van der Waals surface area contributed by atoms with Crippen LogP contribution >= 0.6 is 11.6 Å². The largest absolute Gasteiger partial charge is 0.378 e. The highest BCUT2D eigenvalue weighted by molar-refractivity contribution is 6.33. The number of halogens is 1. The summed E-state index contributed by atoms with van der Waals surface area (Å²) in [6.45, 7) is 2.67. The quantitative estimate of drug-likeness (QED) is 0.795. The van der Waals surface area contributed by atoms with Crippen LogP contribution in [0.1, 0.15) is 32.1 Å². The predicted octanol–water partition coefficient (Wildman–Crippen LogP) is 3.56. The molecule has 1 aliphatic rings. The summed E-state index contributed by atoms with van der Waals surface area (Å²) in [4.78, 5) is 14.1. The number of ether oxygens (including phenoxy) is 1. The zero-order chi connectivity index (χ0) is 15.8. The van der Waals surface area contributed by atoms with Gasteiger partial charge in [-0.2, -0.15) is 0 Å². The molecule has 5 heteroatoms. The van der Waals surface area contributed by atoms with Gasteiger partial charge in [0.05, 0.1) is 16.8 Å². The maximum atomic E-state index is 11.9. The van der Waals surface area contributed by atoms with E-state index in [1.165, 1.54) is 12.8 Å². The first-order chi connectivity index (χ1) is 10.6. The molecular formula is C17H25ClN2O2. The molecule has 0 bridgehead atoms. The topological polar surface area (TPSA) is 41.6 Å². The first kappa shape index (κ1) is 17.3. The van der Waals surface area contributed by atoms with E-state index in [1.54, 1.807) is 6.07 Å². The van der Waals surface area contributed by atoms with Gasteiger partial charge in [0.2, 0.25) is 5.91 Å². The van der Waals surface area contributed by atoms with E-state index in [0.29, 0.717) is 23.2 Å². The molecule has 0 spiro atoms. The molecule has 1 aromatic carbocycles. The van der Waals surface area contributed by atoms with Crippen molar-refractivity contribution in [1.82, 2.24) is 4.90 Å². The Hall–Kier alpha value is -1.10. The Balaban J connectivity index is 1.60. The standard InChI is InChI=1S/C17H25ClN2O2/c1-20(11-4-6-14-7-5-13-22-14)12-10-17(21)19-16-9-3-2-8-15(16)18/h2-3,8-9,14H,4-7,10-13H2,1H3,(H,19,21)/t14-/m0/s1. The molecule has 0 unspecified atom stereocenters. The third-order valence-electron chi connectivity index (χ3n) is 3.96. The zero-order valence-corrected chi connectivity index (χ0v) is 13.9. The first-order valence-corrected chi connectivity index (χ1v) is 8.37. The minimum absolute atomic E-state index is 0.000855. The SMILES string of the molecule is CN(CCC[C@H]1CCCO1)CCC(=O)Nc1ccccc1Cl. The van der Waals surface area contributed by atoms with Crippen molar-refractivity contribution in [2.24, 2.45) is 0 Å². The second-order valence-electron chi connectivity index (χ2n) is 5.86. The Morgan fingerprint density at radius 2 is 2.23 bits per heavy atom. The molecule has 22 heavy (non-hydrogen) atoms. The number of carbonyl (C=O) groups is 1. The van der Waals surface area contributed by atoms with Gasteiger partial charge in [-0.15, -0.1) is 0 Å². The monoisotopic (exact) mass is 324 g/mol. The Bertz CT molecular complexity index is 475. The van der Waals surface area contributed by atoms with Gasteiger partial charge in [0.1, 0.15) is 0 Å². The molecule has 1 aromatic rings. The van der Waals surface area contributed by atoms with E-state index in [9.17, 15) is 4.79 Å². The first-order valence-electron chi connectivity index (χ1n) is 7.99. The summed E-state index contributed by atoms with van der Waals surface area (Å²) in [5.41, 5.74) is 0.676. The molecule has 1 N–H and O–H groups in total. The Labute approximate surface area is 137 Å². The minimum Gasteiger partial charge on any atom is -0.378 e. The number of nitrogens with zero attached hydrogens (tertiary/aromatic N) is 1. The van der Waals surface area contributed by atoms with Crippen molar-refractivity contribution < 1.29 is 9.53 Å². The fourth-order valence-electron chi connectivity index (χ4n) is 2.64. The maximum Gasteiger partial charge on any atom is 0.225 e. The molecule has 0 radical (unpaired) electrons. The number of benzene rings is 1. The molecule has 1 fully saturated rings. The number of carbonyl (C=O) groups excluding carboxylic acids is 1. The highest BCUT2D eigenvalue weighted by atomic mass is 35.5. The summed E-state index contributed by atoms with van der Waals surface area (Å²) in [6, 6.07) is 7.29. The average molecular weight is 325 g/mol. The highest BCUT2D eigenvalue weighted by Crippen LogP contribution is 2.20. The number of anilines is 1. The van der Waals surface area contributed by atoms with Crippen molar-refractivity contribution in [3.63, 3.8) is 0 Å². The van der Waals surface area contributed by atoms with Gasteiger partial charge in [-0.3, -0.25) is 4.79 Å². The Morgan fingerprint density at radius 1 is 1.41 bits per heavy atom. The van der Waals surface area contributed by atoms with E-state index in [0.717, 1.165) is 32.5 Å². The summed E-state index contributed by atoms with van der Waals surface area (Å²) >= 11 is 6.02. The molecular weight excluding hydrogens is 300 g/mol. The van der Waals surface area contributed by atoms with Gasteiger partial charge >= 0.3 is 0 Å². The number of hydrogen-bond acceptors (Lipinski definition) is 3. The second-order valence-corrected chi connectivity index (χ2v) is 6.27. The van der Waals surface area contributed by atoms with Crippen molar-refractivity contribution in [3.8, 4) is 0 Å². The summed E-state index contributed by atoms with van der Waals surface area (Å²) in [7, 11) is 2.05. The lowest BCUT2D eigenvalue weighted by molar-refractivity contribution is -0.116. The van der Waals surface area contributed by atoms with E-state index in [-0.39, 0.29) is 5.91 Å². The third-order valence-corrected chi connectivity index (χ3v) is 4.29. The summed E-state index contributed by atoms with van der Waals surface area (Å²) in [5, 5.41) is 3.42. The predicted molar refractivity (Wildman–Crippen MR) is 90.4 cm³/mol. The molecule has 1 atom stereocenters. The lowest BCUT2D eigenvalue weighted by atomic mass is 10.1. The van der Waals surface area contributed by atoms with Crippen LogP contribution < -0.4 is 5.32 Å². The van der Waals surface area contributed by atoms with Crippen molar-refractivity contribution in [3.05, 3.63) is 29.3 Å². The van der Waals surface area contributed by atoms with Gasteiger partial charge in [-0.05, 0) is 51.4 Å². The van der Waals surface area contributed by atoms with Gasteiger partial charge in [-0.1, -0.05) is 23.7 Å². The van der Waals surface area contributed by atoms with Gasteiger partial charge in [-0.25, -0.2) is 0 Å². The van der Waals surface area contributed by atoms with Crippen molar-refractivity contribution in [2.45, 2.75) is 38.2 Å². The van der Waals surface area contributed by atoms with Crippen LogP contribution in [0.4, 0.5) is 5.69 Å². The normalized spacial score (nSPS) is 17.9. The van der Waals surface area contributed by atoms with Crippen LogP contribution in [0.25, 0.3) is 0 Å². The van der Waals surface area contributed by atoms with Crippen molar-refractivity contribution in [2.75, 3.05) is 32.1 Å². The van der Waals surface area contributed by atoms with Crippen LogP contribution in [0.15, 0.2) is 24.3 Å². The van der Waals surface area contributed by atoms with Gasteiger partial charge in [0.25, 0.3) is 0 Å². The molecule has 4 nitrogen and oxygen atoms in total. The summed E-state index contributed by atoms with van der Waals surface area (Å²) < 4.78 is 5.62. The molecule has 0 aromatic heterocycles. The van der Waals surface area contributed by atoms with E-state index >= 15 is 0 Å². The summed E-state index contributed by atoms with van der Waals surface area (Å²) in [6.07, 6.45) is 5.56. The molecule has 1 aliphatic heterocycles. The van der Waals surface area contributed by atoms with Crippen LogP contribution in [0.5, 0.6) is 0 Å². The molecule has 0 saturated carbocycles. The van der Waals surface area contributed by atoms with Gasteiger partial charge in [0.15, 0.2) is 0 Å². The van der Waals surface area contributed by atoms with Crippen LogP contribution in [-0.2, 0) is 9.53 Å². The molecule has 0 aliphatic carbocycles. The smallest absolute Gasteiger partial charge is 0.225 e. The maximum absolute atomic E-state index is 11.9. The number of para-hydroxylation sites is 1. The number of amides is 1. The van der Waals surface area contributed by atoms with Crippen molar-refractivity contribution >= 4 is 23.2 Å². The lowest BCUT2D eigenvalue weighted by Gasteiger charge is -2.17. The van der Waals surface area contributed by atoms with E-state index in [2.05, 4.69) is 17.3 Å². The van der Waals surface area contributed by atoms with Crippen LogP contribution in [0.3, 0.4) is 0 Å². The number of nitrogens with one attached hydrogen (secondary N) is 1. The minimum atomic E-state index is -0.000855. The molecule has 1 saturated heterocycles. The van der Waals surface area contributed by atoms with E-state index in [1.807, 2.05) is 18.2 Å². The molecule has 2 rings (SSSR count). The van der Waals surface area contributed by atoms with E-state index in [4.69, 9.17) is 16.3 Å². The highest BCUT2D eigenvalue weighted by Gasteiger charge is 2.15. The summed E-state index contributed by atoms with van der Waals surface area (Å²) in [5.74, 6) is -0.000855. The molecule has 122 valence electrons. The van der Waals surface area contributed by atoms with Crippen LogP contribution in [-0.4, -0.2) is 43.7 Å². The molecule has 1 amide bonds. The number of rotatable bonds is 8. The second kappa shape index (κ2) is 9.13. The lowest BCUT2D eigenvalue weighted by Crippen LogP contribution is -2.26. The van der Waals surface area contributed by atoms with Crippen molar-refractivity contribution in [1.29, 1.82) is 0 Å². The van der Waals surface area contributed by atoms with Crippen LogP contribution in [0, 0.1) is 0 Å². The Morgan fingerprint density at radius 3 is 2.95 bits per heavy atom. The van der Waals surface area contributed by atoms with Gasteiger partial charge in [0, 0.05) is 19.6 Å². The fraction of sp³-hybridized carbons (Fsp3) is 0.588. The van der Waals surface area contributed by atoms with Crippen LogP contribution in [0.2, 0.25) is 5.02 Å². The fourth-order valence-corrected chi connectivity index (χ4v) is 2.82. The molecule has 1 heterocycles. The average Bonchev–Trinajstić information content (AvgIpc) is 3.01. The Kier molecular flexibility index (Phi) is 7.16. The van der Waals surface area contributed by atoms with Gasteiger partial charge < -0.3 is 15.0 Å². The zero-order valence-electron chi connectivity index (χ0n) is 13.2.